The minimum absolute atomic E-state index is 0.267. The van der Waals surface area contributed by atoms with Crippen molar-refractivity contribution in [1.82, 2.24) is 0 Å². The van der Waals surface area contributed by atoms with E-state index >= 15 is 0 Å². The van der Waals surface area contributed by atoms with E-state index in [1.54, 1.807) is 0 Å². The van der Waals surface area contributed by atoms with Crippen LogP contribution in [-0.4, -0.2) is 11.9 Å². The van der Waals surface area contributed by atoms with Crippen molar-refractivity contribution in [3.05, 3.63) is 29.3 Å². The van der Waals surface area contributed by atoms with Crippen LogP contribution in [0.2, 0.25) is 5.02 Å². The van der Waals surface area contributed by atoms with Crippen LogP contribution in [0.15, 0.2) is 24.3 Å². The number of hydrogen-bond acceptors (Lipinski definition) is 2. The highest BCUT2D eigenvalue weighted by Crippen LogP contribution is 2.28. The van der Waals surface area contributed by atoms with Crippen molar-refractivity contribution in [1.29, 1.82) is 0 Å². The van der Waals surface area contributed by atoms with Gasteiger partial charge in [-0.2, -0.15) is 0 Å². The maximum Gasteiger partial charge on any atom is 0.240 e. The minimum Gasteiger partial charge on any atom is -0.373 e. The Morgan fingerprint density at radius 2 is 1.83 bits per heavy atom. The summed E-state index contributed by atoms with van der Waals surface area (Å²) in [6.45, 7) is 0. The Kier molecular flexibility index (Phi) is 4.48. The fourth-order valence-corrected chi connectivity index (χ4v) is 2.74. The fraction of sp³-hybridized carbons (Fsp3) is 0.500. The molecule has 4 heteroatoms. The Hall–Kier alpha value is -1.22. The number of carbonyl (C=O) groups is 1. The van der Waals surface area contributed by atoms with E-state index in [0.29, 0.717) is 10.9 Å². The molecule has 1 aromatic carbocycles. The van der Waals surface area contributed by atoms with Gasteiger partial charge in [0.25, 0.3) is 0 Å². The van der Waals surface area contributed by atoms with Crippen LogP contribution in [0.1, 0.15) is 32.1 Å². The fourth-order valence-electron chi connectivity index (χ4n) is 2.61. The Bertz CT molecular complexity index is 399. The Balaban J connectivity index is 2.05. The third kappa shape index (κ3) is 3.39. The summed E-state index contributed by atoms with van der Waals surface area (Å²) in [4.78, 5) is 11.6. The first-order valence-electron chi connectivity index (χ1n) is 6.48. The van der Waals surface area contributed by atoms with Gasteiger partial charge in [-0.3, -0.25) is 4.79 Å². The van der Waals surface area contributed by atoms with Gasteiger partial charge in [0.1, 0.15) is 6.04 Å². The molecule has 1 amide bonds. The number of primary amides is 1. The molecule has 98 valence electrons. The van der Waals surface area contributed by atoms with Gasteiger partial charge in [0, 0.05) is 10.7 Å². The molecular formula is C14H19ClN2O. The number of anilines is 1. The lowest BCUT2D eigenvalue weighted by Gasteiger charge is -2.29. The number of amides is 1. The van der Waals surface area contributed by atoms with E-state index in [2.05, 4.69) is 5.32 Å². The van der Waals surface area contributed by atoms with Crippen molar-refractivity contribution < 1.29 is 4.79 Å². The molecule has 0 spiro atoms. The van der Waals surface area contributed by atoms with Gasteiger partial charge >= 0.3 is 0 Å². The van der Waals surface area contributed by atoms with E-state index in [0.717, 1.165) is 18.5 Å². The quantitative estimate of drug-likeness (QED) is 0.879. The van der Waals surface area contributed by atoms with Crippen LogP contribution < -0.4 is 11.1 Å². The third-order valence-electron chi connectivity index (χ3n) is 3.59. The molecule has 3 N–H and O–H groups in total. The molecule has 18 heavy (non-hydrogen) atoms. The molecule has 2 rings (SSSR count). The highest BCUT2D eigenvalue weighted by atomic mass is 35.5. The van der Waals surface area contributed by atoms with E-state index in [-0.39, 0.29) is 11.9 Å². The molecule has 1 fully saturated rings. The number of hydrogen-bond donors (Lipinski definition) is 2. The zero-order valence-electron chi connectivity index (χ0n) is 10.4. The SMILES string of the molecule is NC(=O)C(Nc1ccc(Cl)cc1)C1CCCCC1. The molecule has 0 aromatic heterocycles. The average molecular weight is 267 g/mol. The average Bonchev–Trinajstić information content (AvgIpc) is 2.38. The van der Waals surface area contributed by atoms with Crippen LogP contribution in [-0.2, 0) is 4.79 Å². The molecule has 3 nitrogen and oxygen atoms in total. The van der Waals surface area contributed by atoms with Crippen LogP contribution in [0, 0.1) is 5.92 Å². The summed E-state index contributed by atoms with van der Waals surface area (Å²) in [5.74, 6) is 0.0868. The highest BCUT2D eigenvalue weighted by molar-refractivity contribution is 6.30. The Labute approximate surface area is 113 Å². The van der Waals surface area contributed by atoms with E-state index in [1.165, 1.54) is 19.3 Å². The van der Waals surface area contributed by atoms with Crippen LogP contribution >= 0.6 is 11.6 Å². The van der Waals surface area contributed by atoms with Crippen LogP contribution in [0.25, 0.3) is 0 Å². The number of benzene rings is 1. The van der Waals surface area contributed by atoms with Crippen molar-refractivity contribution in [3.63, 3.8) is 0 Å². The van der Waals surface area contributed by atoms with E-state index < -0.39 is 0 Å². The smallest absolute Gasteiger partial charge is 0.240 e. The van der Waals surface area contributed by atoms with E-state index in [1.807, 2.05) is 24.3 Å². The second kappa shape index (κ2) is 6.10. The second-order valence-corrected chi connectivity index (χ2v) is 5.37. The van der Waals surface area contributed by atoms with Crippen molar-refractivity contribution in [2.75, 3.05) is 5.32 Å². The summed E-state index contributed by atoms with van der Waals surface area (Å²) in [5, 5.41) is 3.93. The summed E-state index contributed by atoms with van der Waals surface area (Å²) in [5.41, 5.74) is 6.41. The zero-order chi connectivity index (χ0) is 13.0. The Morgan fingerprint density at radius 1 is 1.22 bits per heavy atom. The van der Waals surface area contributed by atoms with Gasteiger partial charge in [-0.1, -0.05) is 30.9 Å². The van der Waals surface area contributed by atoms with Crippen LogP contribution in [0.3, 0.4) is 0 Å². The Morgan fingerprint density at radius 3 is 2.39 bits per heavy atom. The lowest BCUT2D eigenvalue weighted by molar-refractivity contribution is -0.120. The first-order valence-corrected chi connectivity index (χ1v) is 6.86. The van der Waals surface area contributed by atoms with Crippen LogP contribution in [0.4, 0.5) is 5.69 Å². The number of carbonyl (C=O) groups excluding carboxylic acids is 1. The van der Waals surface area contributed by atoms with Crippen molar-refractivity contribution in [2.24, 2.45) is 11.7 Å². The maximum absolute atomic E-state index is 11.6. The van der Waals surface area contributed by atoms with Crippen molar-refractivity contribution in [2.45, 2.75) is 38.1 Å². The molecule has 1 saturated carbocycles. The predicted octanol–water partition coefficient (Wildman–Crippen LogP) is 3.19. The number of nitrogens with one attached hydrogen (secondary N) is 1. The molecule has 1 aromatic rings. The molecule has 1 unspecified atom stereocenters. The monoisotopic (exact) mass is 266 g/mol. The molecule has 0 bridgehead atoms. The maximum atomic E-state index is 11.6. The topological polar surface area (TPSA) is 55.1 Å². The van der Waals surface area contributed by atoms with Crippen LogP contribution in [0.5, 0.6) is 0 Å². The minimum atomic E-state index is -0.272. The van der Waals surface area contributed by atoms with E-state index in [4.69, 9.17) is 17.3 Å². The molecule has 0 radical (unpaired) electrons. The first-order chi connectivity index (χ1) is 8.66. The molecule has 0 saturated heterocycles. The third-order valence-corrected chi connectivity index (χ3v) is 3.85. The standard InChI is InChI=1S/C14H19ClN2O/c15-11-6-8-12(9-7-11)17-13(14(16)18)10-4-2-1-3-5-10/h6-10,13,17H,1-5H2,(H2,16,18). The second-order valence-electron chi connectivity index (χ2n) is 4.93. The summed E-state index contributed by atoms with van der Waals surface area (Å²) < 4.78 is 0. The number of rotatable bonds is 4. The van der Waals surface area contributed by atoms with Crippen molar-refractivity contribution in [3.8, 4) is 0 Å². The van der Waals surface area contributed by atoms with Gasteiger partial charge in [0.05, 0.1) is 0 Å². The molecule has 1 aliphatic rings. The summed E-state index contributed by atoms with van der Waals surface area (Å²) in [6.07, 6.45) is 5.80. The lowest BCUT2D eigenvalue weighted by atomic mass is 9.83. The number of halogens is 1. The van der Waals surface area contributed by atoms with Crippen molar-refractivity contribution >= 4 is 23.2 Å². The zero-order valence-corrected chi connectivity index (χ0v) is 11.1. The molecule has 0 heterocycles. The predicted molar refractivity (Wildman–Crippen MR) is 74.6 cm³/mol. The normalized spacial score (nSPS) is 18.3. The first kappa shape index (κ1) is 13.2. The number of nitrogens with two attached hydrogens (primary N) is 1. The van der Waals surface area contributed by atoms with Gasteiger partial charge in [-0.05, 0) is 43.0 Å². The highest BCUT2D eigenvalue weighted by Gasteiger charge is 2.27. The van der Waals surface area contributed by atoms with Gasteiger partial charge in [-0.25, -0.2) is 0 Å². The largest absolute Gasteiger partial charge is 0.373 e. The van der Waals surface area contributed by atoms with Gasteiger partial charge in [0.2, 0.25) is 5.91 Å². The summed E-state index contributed by atoms with van der Waals surface area (Å²) >= 11 is 5.84. The lowest BCUT2D eigenvalue weighted by Crippen LogP contribution is -2.42. The molecular weight excluding hydrogens is 248 g/mol. The molecule has 1 atom stereocenters. The summed E-state index contributed by atoms with van der Waals surface area (Å²) in [6, 6.07) is 7.10. The van der Waals surface area contributed by atoms with Gasteiger partial charge in [-0.15, -0.1) is 0 Å². The van der Waals surface area contributed by atoms with Gasteiger partial charge < -0.3 is 11.1 Å². The van der Waals surface area contributed by atoms with Gasteiger partial charge in [0.15, 0.2) is 0 Å². The summed E-state index contributed by atoms with van der Waals surface area (Å²) in [7, 11) is 0. The van der Waals surface area contributed by atoms with E-state index in [9.17, 15) is 4.79 Å². The molecule has 0 aliphatic heterocycles. The molecule has 1 aliphatic carbocycles.